The van der Waals surface area contributed by atoms with Crippen LogP contribution in [0.2, 0.25) is 0 Å². The number of hydrogen-bond donors (Lipinski definition) is 5. The Kier molecular flexibility index (Phi) is 28.8. The van der Waals surface area contributed by atoms with Gasteiger partial charge >= 0.3 is 41.9 Å². The normalized spacial score (nSPS) is 25.3. The predicted molar refractivity (Wildman–Crippen MR) is 500 cm³/mol. The van der Waals surface area contributed by atoms with E-state index in [2.05, 4.69) is 46.8 Å². The van der Waals surface area contributed by atoms with E-state index in [0.29, 0.717) is 146 Å². The van der Waals surface area contributed by atoms with Gasteiger partial charge in [-0.15, -0.1) is 23.5 Å². The van der Waals surface area contributed by atoms with Crippen LogP contribution in [0.1, 0.15) is 264 Å². The lowest BCUT2D eigenvalue weighted by Crippen LogP contribution is -2.71. The molecular formula is C101H124N8O24S2. The van der Waals surface area contributed by atoms with Gasteiger partial charge in [-0.2, -0.15) is 10.5 Å². The number of nitrogens with zero attached hydrogens (tertiary/aromatic N) is 5. The number of phenolic OH excluding ortho intramolecular Hbond substituents is 2. The van der Waals surface area contributed by atoms with E-state index in [1.807, 2.05) is 37.8 Å². The molecule has 5 N–H and O–H groups in total. The first-order valence-corrected chi connectivity index (χ1v) is 48.1. The summed E-state index contributed by atoms with van der Waals surface area (Å²) in [6, 6.07) is 8.52. The van der Waals surface area contributed by atoms with Crippen molar-refractivity contribution in [3.63, 3.8) is 0 Å². The summed E-state index contributed by atoms with van der Waals surface area (Å²) >= 11 is 2.82. The second kappa shape index (κ2) is 39.5. The number of benzene rings is 6. The summed E-state index contributed by atoms with van der Waals surface area (Å²) in [5.41, 5.74) is 6.51. The molecule has 1 amide bonds. The molecule has 14 aliphatic rings. The number of phenols is 2. The van der Waals surface area contributed by atoms with Gasteiger partial charge < -0.3 is 86.6 Å². The molecule has 0 aromatic heterocycles. The Balaban J connectivity index is 0.000000204. The number of methoxy groups -OCH3 is 4. The second-order valence-corrected chi connectivity index (χ2v) is 39.5. The number of nitrogens with one attached hydrogen (secondary N) is 3. The number of carbonyl (C=O) groups is 7. The Morgan fingerprint density at radius 3 is 1.41 bits per heavy atom. The molecule has 32 nitrogen and oxygen atoms in total. The summed E-state index contributed by atoms with van der Waals surface area (Å²) in [5.74, 6) is 0.869. The van der Waals surface area contributed by atoms with Crippen LogP contribution < -0.4 is 72.8 Å². The van der Waals surface area contributed by atoms with Crippen molar-refractivity contribution in [2.45, 2.75) is 281 Å². The van der Waals surface area contributed by atoms with E-state index in [1.165, 1.54) is 65.8 Å². The topological polar surface area (TPSA) is 392 Å². The van der Waals surface area contributed by atoms with Crippen LogP contribution in [0.25, 0.3) is 0 Å². The van der Waals surface area contributed by atoms with Crippen LogP contribution in [0.3, 0.4) is 0 Å². The number of aromatic hydroxyl groups is 2. The highest BCUT2D eigenvalue weighted by atomic mass is 32.2. The Bertz CT molecular complexity index is 5790. The second-order valence-electron chi connectivity index (χ2n) is 37.2. The maximum absolute atomic E-state index is 15.3. The Hall–Kier alpha value is -11.1. The lowest BCUT2D eigenvalue weighted by atomic mass is 9.71. The average molecular weight is 1900 g/mol. The molecule has 4 fully saturated rings. The summed E-state index contributed by atoms with van der Waals surface area (Å²) in [5, 5.41) is 56.5. The summed E-state index contributed by atoms with van der Waals surface area (Å²) in [6.45, 7) is 19.6. The molecule has 8 bridgehead atoms. The monoisotopic (exact) mass is 1900 g/mol. The fourth-order valence-corrected chi connectivity index (χ4v) is 25.9. The highest BCUT2D eigenvalue weighted by Crippen LogP contribution is 2.68. The number of thioether (sulfide) groups is 2. The maximum Gasteiger partial charge on any atom is 0.411 e. The van der Waals surface area contributed by atoms with Gasteiger partial charge in [-0.3, -0.25) is 44.5 Å². The number of nitriles is 2. The number of fused-ring (bicyclic) bond motifs is 18. The molecule has 0 radical (unpaired) electrons. The van der Waals surface area contributed by atoms with E-state index in [-0.39, 0.29) is 125 Å². The Labute approximate surface area is 796 Å². The zero-order valence-electron chi connectivity index (χ0n) is 77.8. The molecule has 0 aliphatic carbocycles. The highest BCUT2D eigenvalue weighted by Gasteiger charge is 2.66. The SMILES string of the molecule is C.C.CCCCCCCC(=O)Oc1cc2c(cc1OC)[C@@]1(CS[C@@H]3c4c(OC(C)=O)c(C)c5c(c4[C@H](COC1=O)N1C3[C@@H]3N[C@@H](Cc4cc(C)c(OC)c(O)c43)[C@@H]1C#N)OCO5)NCC2.CCCCCCCC(=O)Oc1cc2c(cc1OC)[C@@]1(CS[C@@H]3c4c(OC(C)=O)c(C)c5c(c4[C@H](COC1=O)N1C3[C@H]3c4c(cc(C)c(OC)c4O)C[C@@H]([C@@H]1C#N)N3C(=O)OC(C)(C)C)OCO5)NCC2. The van der Waals surface area contributed by atoms with Crippen molar-refractivity contribution in [3.8, 4) is 92.6 Å². The average Bonchev–Trinajstić information content (AvgIpc) is 1.46. The first kappa shape index (κ1) is 98.4. The zero-order chi connectivity index (χ0) is 94.3. The summed E-state index contributed by atoms with van der Waals surface area (Å²) in [6.07, 6.45) is 11.4. The molecule has 724 valence electrons. The lowest BCUT2D eigenvalue weighted by Gasteiger charge is -2.62. The van der Waals surface area contributed by atoms with Gasteiger partial charge in [0.15, 0.2) is 80.1 Å². The summed E-state index contributed by atoms with van der Waals surface area (Å²) in [7, 11) is 5.98. The minimum absolute atomic E-state index is 0. The van der Waals surface area contributed by atoms with Crippen molar-refractivity contribution in [2.75, 3.05) is 79.8 Å². The third kappa shape index (κ3) is 17.1. The van der Waals surface area contributed by atoms with Crippen LogP contribution in [0.5, 0.6) is 80.5 Å². The molecule has 6 aromatic rings. The van der Waals surface area contributed by atoms with Crippen molar-refractivity contribution < 1.29 is 115 Å². The number of ether oxygens (including phenoxy) is 15. The molecule has 0 saturated carbocycles. The van der Waals surface area contributed by atoms with Crippen molar-refractivity contribution in [2.24, 2.45) is 0 Å². The van der Waals surface area contributed by atoms with E-state index in [4.69, 9.17) is 71.1 Å². The highest BCUT2D eigenvalue weighted by molar-refractivity contribution is 7.99. The molecule has 14 atom stereocenters. The molecule has 20 rings (SSSR count). The Morgan fingerprint density at radius 2 is 0.970 bits per heavy atom. The van der Waals surface area contributed by atoms with Crippen molar-refractivity contribution >= 4 is 65.4 Å². The lowest BCUT2D eigenvalue weighted by molar-refractivity contribution is -0.157. The van der Waals surface area contributed by atoms with E-state index in [9.17, 15) is 44.7 Å². The molecule has 14 heterocycles. The molecular weight excluding hydrogens is 1770 g/mol. The van der Waals surface area contributed by atoms with Crippen LogP contribution in [-0.2, 0) is 79.7 Å². The Morgan fingerprint density at radius 1 is 0.526 bits per heavy atom. The van der Waals surface area contributed by atoms with Gasteiger partial charge in [0.1, 0.15) is 42.4 Å². The van der Waals surface area contributed by atoms with E-state index < -0.39 is 112 Å². The smallest absolute Gasteiger partial charge is 0.411 e. The molecule has 2 spiro atoms. The first-order chi connectivity index (χ1) is 63.9. The van der Waals surface area contributed by atoms with Gasteiger partial charge in [-0.25, -0.2) is 14.4 Å². The van der Waals surface area contributed by atoms with Gasteiger partial charge in [0, 0.05) is 108 Å². The number of carbonyl (C=O) groups excluding carboxylic acids is 7. The van der Waals surface area contributed by atoms with Crippen LogP contribution in [-0.4, -0.2) is 189 Å². The third-order valence-corrected chi connectivity index (χ3v) is 31.0. The number of aryl methyl sites for hydroxylation is 2. The number of esters is 6. The van der Waals surface area contributed by atoms with Crippen molar-refractivity contribution in [1.82, 2.24) is 30.7 Å². The van der Waals surface area contributed by atoms with Crippen molar-refractivity contribution in [3.05, 3.63) is 125 Å². The largest absolute Gasteiger partial charge is 0.504 e. The number of unbranched alkanes of at least 4 members (excludes halogenated alkanes) is 8. The molecule has 135 heavy (non-hydrogen) atoms. The van der Waals surface area contributed by atoms with Gasteiger partial charge in [0.2, 0.25) is 13.6 Å². The minimum atomic E-state index is -1.52. The summed E-state index contributed by atoms with van der Waals surface area (Å²) in [4.78, 5) is 103. The van der Waals surface area contributed by atoms with Crippen LogP contribution in [0, 0.1) is 50.4 Å². The molecule has 14 aliphatic heterocycles. The van der Waals surface area contributed by atoms with E-state index in [0.717, 1.165) is 85.6 Å². The van der Waals surface area contributed by atoms with Crippen LogP contribution in [0.15, 0.2) is 36.4 Å². The standard InChI is InChI=1S/C52H62N4O13S.C47H54N4O11S.2CH4/c1-10-11-12-13-14-15-37(58)68-36-20-29-16-17-54-52(31(29)21-35(36)62-8)24-70-48-40-39(47-46(65-25-66-47)27(3)45(40)67-28(4)57)34(23-64-49(52)60)55-33(22-53)32-19-30-18-26(2)44(63-9)43(59)38(30)41(42(48)55)56(32)50(61)69-51(5,6)7;1-7-8-9-10-11-12-34(53)62-33-17-26-13-14-49-47(28(26)18-32(33)56-5)21-63-45-37-36(44-43(59-22-60-44)24(3)42(37)61-25(4)52)31(20-58-46(47)55)51-30(19-48)29-16-27-15-23(2)41(57-6)40(54)35(27)38(50-29)39(45)51;;/h18,20-21,32-34,41-42,48,54,59H,10-17,19,23-25H2,1-9H3;15,17-18,29-31,38-39,45,49-50,54H,7-14,16,20-22H2,1-6H3;2*1H4/t32-,33-,34-,41+,42?,48+,52+;29-,30-,31-,38+,39?,45+,47+;;/m00../s1. The molecule has 6 aromatic carbocycles. The van der Waals surface area contributed by atoms with E-state index >= 15 is 9.59 Å². The minimum Gasteiger partial charge on any atom is -0.504 e. The quantitative estimate of drug-likeness (QED) is 0.0205. The third-order valence-electron chi connectivity index (χ3n) is 28.0. The summed E-state index contributed by atoms with van der Waals surface area (Å²) < 4.78 is 91.4. The van der Waals surface area contributed by atoms with Gasteiger partial charge in [-0.05, 0) is 156 Å². The van der Waals surface area contributed by atoms with Crippen molar-refractivity contribution in [1.29, 1.82) is 10.5 Å². The van der Waals surface area contributed by atoms with Crippen LogP contribution in [0.4, 0.5) is 4.79 Å². The number of amides is 1. The molecule has 2 unspecified atom stereocenters. The van der Waals surface area contributed by atoms with Gasteiger partial charge in [0.25, 0.3) is 0 Å². The fraction of sp³-hybridized carbons (Fsp3) is 0.554. The predicted octanol–water partition coefficient (Wildman–Crippen LogP) is 15.3. The maximum atomic E-state index is 15.3. The molecule has 4 saturated heterocycles. The van der Waals surface area contributed by atoms with E-state index in [1.54, 1.807) is 56.9 Å². The van der Waals surface area contributed by atoms with Gasteiger partial charge in [0.05, 0.1) is 87.3 Å². The molecule has 34 heteroatoms. The fourth-order valence-electron chi connectivity index (χ4n) is 22.5. The zero-order valence-corrected chi connectivity index (χ0v) is 79.4. The first-order valence-electron chi connectivity index (χ1n) is 46.0. The number of hydrogen-bond acceptors (Lipinski definition) is 33. The van der Waals surface area contributed by atoms with Gasteiger partial charge in [-0.1, -0.05) is 92.2 Å². The number of rotatable bonds is 20. The van der Waals surface area contributed by atoms with Crippen LogP contribution >= 0.6 is 23.5 Å². The number of piperazine rings is 2.